The van der Waals surface area contributed by atoms with Gasteiger partial charge in [-0.1, -0.05) is 18.2 Å². The molecule has 0 atom stereocenters. The molecule has 1 N–H and O–H groups in total. The van der Waals surface area contributed by atoms with Gasteiger partial charge in [0.25, 0.3) is 0 Å². The Balaban J connectivity index is 1.75. The van der Waals surface area contributed by atoms with E-state index in [2.05, 4.69) is 41.3 Å². The number of nitrogens with one attached hydrogen (secondary N) is 1. The smallest absolute Gasteiger partial charge is 0.309 e. The van der Waals surface area contributed by atoms with Gasteiger partial charge in [-0.3, -0.25) is 4.79 Å². The molecule has 1 aliphatic rings. The summed E-state index contributed by atoms with van der Waals surface area (Å²) in [6, 6.07) is 8.57. The summed E-state index contributed by atoms with van der Waals surface area (Å²) in [4.78, 5) is 15.4. The minimum atomic E-state index is -0.0110. The molecule has 1 heterocycles. The van der Waals surface area contributed by atoms with Gasteiger partial charge in [0, 0.05) is 32.6 Å². The highest BCUT2D eigenvalue weighted by Crippen LogP contribution is 2.13. The fourth-order valence-electron chi connectivity index (χ4n) is 2.97. The molecule has 4 nitrogen and oxygen atoms in total. The molecule has 4 heteroatoms. The molecule has 0 amide bonds. The number of piperidine rings is 1. The van der Waals surface area contributed by atoms with Gasteiger partial charge in [-0.15, -0.1) is 0 Å². The molecular weight excluding hydrogens is 288 g/mol. The summed E-state index contributed by atoms with van der Waals surface area (Å²) in [5, 5.41) is 0. The lowest BCUT2D eigenvalue weighted by atomic mass is 9.97. The Morgan fingerprint density at radius 3 is 2.48 bits per heavy atom. The highest BCUT2D eigenvalue weighted by atomic mass is 16.5. The monoisotopic (exact) mass is 317 g/mol. The minimum Gasteiger partial charge on any atom is -0.466 e. The molecular formula is C19H29N2O2+. The second kappa shape index (κ2) is 8.73. The van der Waals surface area contributed by atoms with Crippen molar-refractivity contribution in [1.82, 2.24) is 0 Å². The maximum absolute atomic E-state index is 11.7. The summed E-state index contributed by atoms with van der Waals surface area (Å²) in [5.41, 5.74) is 2.45. The van der Waals surface area contributed by atoms with Crippen molar-refractivity contribution in [2.45, 2.75) is 19.8 Å². The SMILES string of the molecule is CCOC(=O)C1CC[NH+](C/C=C/c2ccc(N(C)C)cc2)CC1. The average Bonchev–Trinajstić information content (AvgIpc) is 2.56. The molecule has 1 aliphatic heterocycles. The number of nitrogens with zero attached hydrogens (tertiary/aromatic N) is 1. The lowest BCUT2D eigenvalue weighted by molar-refractivity contribution is -0.899. The highest BCUT2D eigenvalue weighted by molar-refractivity contribution is 5.72. The van der Waals surface area contributed by atoms with Gasteiger partial charge in [-0.25, -0.2) is 0 Å². The molecule has 0 aliphatic carbocycles. The van der Waals surface area contributed by atoms with E-state index < -0.39 is 0 Å². The largest absolute Gasteiger partial charge is 0.466 e. The first-order valence-electron chi connectivity index (χ1n) is 8.54. The van der Waals surface area contributed by atoms with Crippen LogP contribution in [0.5, 0.6) is 0 Å². The Morgan fingerprint density at radius 2 is 1.91 bits per heavy atom. The third kappa shape index (κ3) is 5.39. The summed E-state index contributed by atoms with van der Waals surface area (Å²) in [6.07, 6.45) is 6.31. The molecule has 1 fully saturated rings. The molecule has 0 radical (unpaired) electrons. The zero-order valence-electron chi connectivity index (χ0n) is 14.5. The Labute approximate surface area is 139 Å². The number of hydrogen-bond acceptors (Lipinski definition) is 3. The summed E-state index contributed by atoms with van der Waals surface area (Å²) in [7, 11) is 4.10. The number of benzene rings is 1. The number of hydrogen-bond donors (Lipinski definition) is 1. The number of quaternary nitrogens is 1. The van der Waals surface area contributed by atoms with Crippen molar-refractivity contribution >= 4 is 17.7 Å². The van der Waals surface area contributed by atoms with Crippen molar-refractivity contribution in [2.75, 3.05) is 45.2 Å². The molecule has 1 saturated heterocycles. The Bertz CT molecular complexity index is 515. The third-order valence-electron chi connectivity index (χ3n) is 4.44. The third-order valence-corrected chi connectivity index (χ3v) is 4.44. The van der Waals surface area contributed by atoms with Crippen molar-refractivity contribution < 1.29 is 14.4 Å². The van der Waals surface area contributed by atoms with E-state index in [0.29, 0.717) is 6.61 Å². The fourth-order valence-corrected chi connectivity index (χ4v) is 2.97. The molecule has 0 bridgehead atoms. The van der Waals surface area contributed by atoms with Crippen LogP contribution in [0.15, 0.2) is 30.3 Å². The van der Waals surface area contributed by atoms with Gasteiger partial charge >= 0.3 is 5.97 Å². The zero-order chi connectivity index (χ0) is 16.7. The van der Waals surface area contributed by atoms with E-state index >= 15 is 0 Å². The van der Waals surface area contributed by atoms with Crippen LogP contribution in [-0.2, 0) is 9.53 Å². The maximum atomic E-state index is 11.7. The maximum Gasteiger partial charge on any atom is 0.309 e. The van der Waals surface area contributed by atoms with Crippen molar-refractivity contribution in [2.24, 2.45) is 5.92 Å². The van der Waals surface area contributed by atoms with E-state index in [-0.39, 0.29) is 11.9 Å². The fraction of sp³-hybridized carbons (Fsp3) is 0.526. The van der Waals surface area contributed by atoms with Gasteiger partial charge in [-0.2, -0.15) is 0 Å². The van der Waals surface area contributed by atoms with E-state index in [1.807, 2.05) is 21.0 Å². The summed E-state index contributed by atoms with van der Waals surface area (Å²) < 4.78 is 5.12. The van der Waals surface area contributed by atoms with Crippen LogP contribution in [0.2, 0.25) is 0 Å². The average molecular weight is 317 g/mol. The van der Waals surface area contributed by atoms with Gasteiger partial charge in [0.1, 0.15) is 0 Å². The molecule has 0 aromatic heterocycles. The van der Waals surface area contributed by atoms with Crippen molar-refractivity contribution in [3.63, 3.8) is 0 Å². The van der Waals surface area contributed by atoms with Crippen LogP contribution in [-0.4, -0.2) is 46.3 Å². The van der Waals surface area contributed by atoms with Crippen molar-refractivity contribution in [3.05, 3.63) is 35.9 Å². The minimum absolute atomic E-state index is 0.0110. The van der Waals surface area contributed by atoms with Crippen LogP contribution in [0.4, 0.5) is 5.69 Å². The Kier molecular flexibility index (Phi) is 6.66. The van der Waals surface area contributed by atoms with Crippen LogP contribution in [0.3, 0.4) is 0 Å². The standard InChI is InChI=1S/C19H28N2O2/c1-4-23-19(22)17-11-14-21(15-12-17)13-5-6-16-7-9-18(10-8-16)20(2)3/h5-10,17H,4,11-15H2,1-3H3/p+1/b6-5+. The quantitative estimate of drug-likeness (QED) is 0.810. The van der Waals surface area contributed by atoms with Gasteiger partial charge in [0.2, 0.25) is 0 Å². The van der Waals surface area contributed by atoms with Crippen LogP contribution in [0.1, 0.15) is 25.3 Å². The van der Waals surface area contributed by atoms with E-state index in [0.717, 1.165) is 32.5 Å². The van der Waals surface area contributed by atoms with Crippen LogP contribution in [0.25, 0.3) is 6.08 Å². The highest BCUT2D eigenvalue weighted by Gasteiger charge is 2.27. The number of likely N-dealkylation sites (tertiary alicyclic amines) is 1. The van der Waals surface area contributed by atoms with Crippen LogP contribution < -0.4 is 9.80 Å². The topological polar surface area (TPSA) is 34.0 Å². The number of carbonyl (C=O) groups excluding carboxylic acids is 1. The molecule has 1 aromatic carbocycles. The van der Waals surface area contributed by atoms with Gasteiger partial charge in [0.05, 0.1) is 32.2 Å². The number of carbonyl (C=O) groups is 1. The van der Waals surface area contributed by atoms with Crippen molar-refractivity contribution in [3.8, 4) is 0 Å². The molecule has 0 unspecified atom stereocenters. The predicted octanol–water partition coefficient (Wildman–Crippen LogP) is 1.62. The second-order valence-corrected chi connectivity index (χ2v) is 6.37. The molecule has 23 heavy (non-hydrogen) atoms. The number of rotatable bonds is 6. The predicted molar refractivity (Wildman–Crippen MR) is 94.7 cm³/mol. The lowest BCUT2D eigenvalue weighted by Gasteiger charge is -2.27. The second-order valence-electron chi connectivity index (χ2n) is 6.37. The van der Waals surface area contributed by atoms with E-state index in [9.17, 15) is 4.79 Å². The summed E-state index contributed by atoms with van der Waals surface area (Å²) in [6.45, 7) is 5.47. The first-order chi connectivity index (χ1) is 11.1. The lowest BCUT2D eigenvalue weighted by Crippen LogP contribution is -3.13. The number of esters is 1. The Hall–Kier alpha value is -1.81. The zero-order valence-corrected chi connectivity index (χ0v) is 14.5. The van der Waals surface area contributed by atoms with E-state index in [1.54, 1.807) is 4.90 Å². The summed E-state index contributed by atoms with van der Waals surface area (Å²) >= 11 is 0. The number of ether oxygens (including phenoxy) is 1. The van der Waals surface area contributed by atoms with Crippen molar-refractivity contribution in [1.29, 1.82) is 0 Å². The van der Waals surface area contributed by atoms with E-state index in [4.69, 9.17) is 4.74 Å². The Morgan fingerprint density at radius 1 is 1.26 bits per heavy atom. The first-order valence-corrected chi connectivity index (χ1v) is 8.54. The van der Waals surface area contributed by atoms with Gasteiger partial charge in [-0.05, 0) is 30.7 Å². The van der Waals surface area contributed by atoms with E-state index in [1.165, 1.54) is 11.3 Å². The molecule has 0 spiro atoms. The number of anilines is 1. The first kappa shape index (κ1) is 17.5. The molecule has 126 valence electrons. The van der Waals surface area contributed by atoms with Gasteiger partial charge in [0.15, 0.2) is 0 Å². The molecule has 2 rings (SSSR count). The van der Waals surface area contributed by atoms with Crippen LogP contribution in [0, 0.1) is 5.92 Å². The van der Waals surface area contributed by atoms with Gasteiger partial charge < -0.3 is 14.5 Å². The molecule has 0 saturated carbocycles. The summed E-state index contributed by atoms with van der Waals surface area (Å²) in [5.74, 6) is 0.101. The van der Waals surface area contributed by atoms with Crippen LogP contribution >= 0.6 is 0 Å². The molecule has 1 aromatic rings. The normalized spacial score (nSPS) is 21.3.